The van der Waals surface area contributed by atoms with Crippen LogP contribution in [0.4, 0.5) is 0 Å². The van der Waals surface area contributed by atoms with Gasteiger partial charge in [0.15, 0.2) is 0 Å². The normalized spacial score (nSPS) is 14.3. The summed E-state index contributed by atoms with van der Waals surface area (Å²) in [6, 6.07) is -0.872. The lowest BCUT2D eigenvalue weighted by Gasteiger charge is -2.27. The van der Waals surface area contributed by atoms with Crippen molar-refractivity contribution in [3.63, 3.8) is 0 Å². The Morgan fingerprint density at radius 2 is 0.870 bits per heavy atom. The summed E-state index contributed by atoms with van der Waals surface area (Å²) in [5.74, 6) is -0.551. The van der Waals surface area contributed by atoms with Gasteiger partial charge in [0, 0.05) is 12.8 Å². The van der Waals surface area contributed by atoms with Crippen LogP contribution < -0.4 is 5.32 Å². The summed E-state index contributed by atoms with van der Waals surface area (Å²) in [4.78, 5) is 37.7. The molecule has 2 N–H and O–H groups in total. The zero-order chi connectivity index (χ0) is 56.4. The first kappa shape index (κ1) is 73.9. The molecule has 1 amide bonds. The number of likely N-dealkylation sites (N-methyl/N-ethyl adjacent to an activating group) is 1. The van der Waals surface area contributed by atoms with Gasteiger partial charge in [-0.2, -0.15) is 0 Å². The Balaban J connectivity index is 5.28. The van der Waals surface area contributed by atoms with E-state index in [4.69, 9.17) is 13.8 Å². The number of phosphoric acid groups is 1. The molecular weight excluding hydrogens is 976 g/mol. The first-order valence-corrected chi connectivity index (χ1v) is 33.1. The number of phosphoric ester groups is 1. The van der Waals surface area contributed by atoms with Gasteiger partial charge in [0.25, 0.3) is 0 Å². The van der Waals surface area contributed by atoms with Gasteiger partial charge in [-0.1, -0.05) is 247 Å². The fraction of sp³-hybridized carbons (Fsp3) is 0.731. The van der Waals surface area contributed by atoms with E-state index in [1.54, 1.807) is 0 Å². The van der Waals surface area contributed by atoms with Crippen LogP contribution in [0, 0.1) is 0 Å². The molecule has 0 spiro atoms. The van der Waals surface area contributed by atoms with E-state index in [9.17, 15) is 19.0 Å². The smallest absolute Gasteiger partial charge is 0.456 e. The second-order valence-electron chi connectivity index (χ2n) is 22.2. The molecule has 0 fully saturated rings. The highest BCUT2D eigenvalue weighted by Gasteiger charge is 2.30. The molecule has 0 aliphatic carbocycles. The third-order valence-corrected chi connectivity index (χ3v) is 14.5. The quantitative estimate of drug-likeness (QED) is 0.0156. The molecule has 10 heteroatoms. The summed E-state index contributed by atoms with van der Waals surface area (Å²) in [5, 5.41) is 3.04. The van der Waals surface area contributed by atoms with Crippen molar-refractivity contribution in [1.29, 1.82) is 0 Å². The highest BCUT2D eigenvalue weighted by molar-refractivity contribution is 7.47. The fourth-order valence-corrected chi connectivity index (χ4v) is 9.40. The summed E-state index contributed by atoms with van der Waals surface area (Å²) in [5.41, 5.74) is 0. The van der Waals surface area contributed by atoms with Gasteiger partial charge in [0.1, 0.15) is 19.3 Å². The number of nitrogens with one attached hydrogen (secondary N) is 1. The number of carbonyl (C=O) groups is 2. The molecule has 3 atom stereocenters. The van der Waals surface area contributed by atoms with E-state index in [-0.39, 0.29) is 31.5 Å². The fourth-order valence-electron chi connectivity index (χ4n) is 8.66. The molecule has 0 saturated heterocycles. The molecule has 77 heavy (non-hydrogen) atoms. The maximum Gasteiger partial charge on any atom is 0.472 e. The summed E-state index contributed by atoms with van der Waals surface area (Å²) in [7, 11) is 1.46. The number of hydrogen-bond acceptors (Lipinski definition) is 6. The lowest BCUT2D eigenvalue weighted by molar-refractivity contribution is -0.870. The molecule has 0 aromatic heterocycles. The summed E-state index contributed by atoms with van der Waals surface area (Å²) in [6.07, 6.45) is 75.5. The van der Waals surface area contributed by atoms with Crippen LogP contribution in [0.5, 0.6) is 0 Å². The number of ether oxygens (including phenoxy) is 1. The lowest BCUT2D eigenvalue weighted by Crippen LogP contribution is -2.47. The van der Waals surface area contributed by atoms with Crippen molar-refractivity contribution >= 4 is 19.7 Å². The molecule has 0 rings (SSSR count). The predicted molar refractivity (Wildman–Crippen MR) is 332 cm³/mol. The zero-order valence-electron chi connectivity index (χ0n) is 50.7. The highest BCUT2D eigenvalue weighted by Crippen LogP contribution is 2.43. The first-order chi connectivity index (χ1) is 37.4. The minimum absolute atomic E-state index is 0.0291. The Morgan fingerprint density at radius 3 is 1.34 bits per heavy atom. The molecule has 0 saturated carbocycles. The van der Waals surface area contributed by atoms with Crippen molar-refractivity contribution in [2.75, 3.05) is 40.9 Å². The average molecular weight is 1100 g/mol. The highest BCUT2D eigenvalue weighted by atomic mass is 31.2. The second-order valence-corrected chi connectivity index (χ2v) is 23.7. The average Bonchev–Trinajstić information content (AvgIpc) is 3.39. The molecule has 0 aromatic rings. The summed E-state index contributed by atoms with van der Waals surface area (Å²) >= 11 is 0. The van der Waals surface area contributed by atoms with E-state index >= 15 is 0 Å². The van der Waals surface area contributed by atoms with E-state index in [1.165, 1.54) is 116 Å². The van der Waals surface area contributed by atoms with Crippen LogP contribution in [0.3, 0.4) is 0 Å². The summed E-state index contributed by atoms with van der Waals surface area (Å²) < 4.78 is 30.7. The zero-order valence-corrected chi connectivity index (χ0v) is 51.6. The predicted octanol–water partition coefficient (Wildman–Crippen LogP) is 19.6. The largest absolute Gasteiger partial charge is 0.472 e. The van der Waals surface area contributed by atoms with E-state index in [0.29, 0.717) is 23.9 Å². The van der Waals surface area contributed by atoms with Crippen LogP contribution in [0.1, 0.15) is 265 Å². The van der Waals surface area contributed by atoms with Crippen LogP contribution in [-0.4, -0.2) is 74.3 Å². The molecule has 3 unspecified atom stereocenters. The van der Waals surface area contributed by atoms with Crippen LogP contribution in [0.15, 0.2) is 97.2 Å². The van der Waals surface area contributed by atoms with E-state index in [1.807, 2.05) is 33.3 Å². The molecule has 0 bridgehead atoms. The van der Waals surface area contributed by atoms with Gasteiger partial charge >= 0.3 is 13.8 Å². The molecular formula is C67H120N2O7P+. The Kier molecular flexibility index (Phi) is 54.0. The number of allylic oxidation sites excluding steroid dienone is 15. The van der Waals surface area contributed by atoms with Gasteiger partial charge in [-0.3, -0.25) is 18.6 Å². The molecule has 0 aliphatic heterocycles. The Labute approximate surface area is 475 Å². The number of amides is 1. The Hall–Kier alpha value is -3.07. The number of quaternary nitrogens is 1. The number of rotatable bonds is 56. The molecule has 0 aliphatic rings. The minimum atomic E-state index is -4.46. The van der Waals surface area contributed by atoms with Gasteiger partial charge in [0.05, 0.1) is 33.8 Å². The van der Waals surface area contributed by atoms with Gasteiger partial charge < -0.3 is 19.4 Å². The van der Waals surface area contributed by atoms with Gasteiger partial charge in [-0.15, -0.1) is 0 Å². The van der Waals surface area contributed by atoms with Crippen LogP contribution in [-0.2, 0) is 27.9 Å². The Bertz CT molecular complexity index is 1640. The van der Waals surface area contributed by atoms with Crippen LogP contribution in [0.25, 0.3) is 0 Å². The van der Waals surface area contributed by atoms with Crippen molar-refractivity contribution in [2.45, 2.75) is 277 Å². The number of unbranched alkanes of at least 4 members (excludes halogenated alkanes) is 27. The van der Waals surface area contributed by atoms with Gasteiger partial charge in [-0.05, 0) is 102 Å². The van der Waals surface area contributed by atoms with Crippen molar-refractivity contribution in [3.8, 4) is 0 Å². The molecule has 9 nitrogen and oxygen atoms in total. The third-order valence-electron chi connectivity index (χ3n) is 13.5. The molecule has 0 aromatic carbocycles. The maximum absolute atomic E-state index is 13.5. The lowest BCUT2D eigenvalue weighted by atomic mass is 10.0. The van der Waals surface area contributed by atoms with E-state index in [0.717, 1.165) is 109 Å². The number of nitrogens with zero attached hydrogens (tertiary/aromatic N) is 1. The number of hydrogen-bond donors (Lipinski definition) is 2. The maximum atomic E-state index is 13.5. The summed E-state index contributed by atoms with van der Waals surface area (Å²) in [6.45, 7) is 6.86. The van der Waals surface area contributed by atoms with E-state index in [2.05, 4.69) is 111 Å². The number of carbonyl (C=O) groups excluding carboxylic acids is 2. The molecule has 0 radical (unpaired) electrons. The van der Waals surface area contributed by atoms with Gasteiger partial charge in [-0.25, -0.2) is 4.57 Å². The standard InChI is InChI=1S/C67H119N2O7P/c1-7-10-13-16-19-22-25-28-30-32-33-34-35-36-37-38-40-42-45-48-51-54-57-60-67(71)76-65(58-55-52-49-46-43-27-24-21-18-15-12-9-3)64(63-75-77(72,73)74-62-61-69(4,5)6)68-66(70)59-56-53-50-47-44-41-39-31-29-26-23-20-17-14-11-8-2/h10,13,19,22,28,30-31,33-34,36-37,39,41,44,55,58,64-65H,7-9,11-12,14-18,20-21,23-27,29,32,35,38,40,42-43,45-54,56-57,59-63H2,1-6H3,(H-,68,70,72,73)/p+1/b13-10-,22-19-,30-28-,34-33-,37-36-,39-31+,44-41+,58-55-. The topological polar surface area (TPSA) is 111 Å². The first-order valence-electron chi connectivity index (χ1n) is 31.6. The van der Waals surface area contributed by atoms with Crippen molar-refractivity contribution < 1.29 is 37.3 Å². The van der Waals surface area contributed by atoms with E-state index < -0.39 is 20.0 Å². The third kappa shape index (κ3) is 57.4. The Morgan fingerprint density at radius 1 is 0.481 bits per heavy atom. The number of esters is 1. The van der Waals surface area contributed by atoms with Crippen molar-refractivity contribution in [2.24, 2.45) is 0 Å². The van der Waals surface area contributed by atoms with Crippen molar-refractivity contribution in [3.05, 3.63) is 97.2 Å². The van der Waals surface area contributed by atoms with Gasteiger partial charge in [0.2, 0.25) is 5.91 Å². The van der Waals surface area contributed by atoms with Crippen LogP contribution in [0.2, 0.25) is 0 Å². The SMILES string of the molecule is CC/C=C\C/C=C\C/C=C\C/C=C\C/C=C\CCCCCCCCCC(=O)OC(/C=C\CCCCCCCCCCCC)C(COP(=O)(O)OCC[N+](C)(C)C)NC(=O)CCCCC/C=C/C=C/CCCCCCCCC. The monoisotopic (exact) mass is 1100 g/mol. The molecule has 0 heterocycles. The van der Waals surface area contributed by atoms with Crippen LogP contribution >= 0.6 is 7.82 Å². The second kappa shape index (κ2) is 56.2. The minimum Gasteiger partial charge on any atom is -0.456 e. The molecule has 444 valence electrons. The van der Waals surface area contributed by atoms with Crippen molar-refractivity contribution in [1.82, 2.24) is 5.32 Å².